The van der Waals surface area contributed by atoms with Crippen molar-refractivity contribution in [2.45, 2.75) is 116 Å². The number of rotatable bonds is 5. The fourth-order valence-corrected chi connectivity index (χ4v) is 11.5. The summed E-state index contributed by atoms with van der Waals surface area (Å²) in [6, 6.07) is 2.05. The first kappa shape index (κ1) is 29.0. The minimum atomic E-state index is -0.982. The third-order valence-electron chi connectivity index (χ3n) is 12.8. The summed E-state index contributed by atoms with van der Waals surface area (Å²) in [5.74, 6) is 0.554. The quantitative estimate of drug-likeness (QED) is 0.411. The topological polar surface area (TPSA) is 72.0 Å². The van der Waals surface area contributed by atoms with Gasteiger partial charge in [0.1, 0.15) is 5.78 Å². The Morgan fingerprint density at radius 2 is 1.73 bits per heavy atom. The van der Waals surface area contributed by atoms with Crippen molar-refractivity contribution in [3.8, 4) is 13.1 Å². The van der Waals surface area contributed by atoms with Crippen LogP contribution in [0.5, 0.6) is 0 Å². The van der Waals surface area contributed by atoms with Gasteiger partial charge in [0, 0.05) is 43.4 Å². The number of carbonyl (C=O) groups is 3. The van der Waals surface area contributed by atoms with Gasteiger partial charge >= 0.3 is 11.1 Å². The van der Waals surface area contributed by atoms with Gasteiger partial charge in [-0.15, -0.1) is 11.3 Å². The molecule has 1 N–H and O–H groups in total. The second-order valence-electron chi connectivity index (χ2n) is 14.1. The molecule has 1 heterocycles. The van der Waals surface area contributed by atoms with Crippen LogP contribution in [0.2, 0.25) is 0 Å². The smallest absolute Gasteiger partial charge is 0.306 e. The Hall–Kier alpha value is -2.51. The summed E-state index contributed by atoms with van der Waals surface area (Å²) in [7, 11) is 0. The van der Waals surface area contributed by atoms with Gasteiger partial charge in [0.05, 0.1) is 16.9 Å². The lowest BCUT2D eigenvalue weighted by molar-refractivity contribution is -0.180. The van der Waals surface area contributed by atoms with Gasteiger partial charge in [-0.25, -0.2) is 0 Å². The lowest BCUT2D eigenvalue weighted by Crippen LogP contribution is -2.77. The maximum absolute atomic E-state index is 14.4. The van der Waals surface area contributed by atoms with Crippen molar-refractivity contribution in [1.29, 1.82) is 0 Å². The second-order valence-corrected chi connectivity index (χ2v) is 15.0. The number of nitrogens with zero attached hydrogens (tertiary/aromatic N) is 2. The van der Waals surface area contributed by atoms with Crippen LogP contribution in [-0.4, -0.2) is 28.6 Å². The van der Waals surface area contributed by atoms with E-state index in [1.807, 2.05) is 13.8 Å². The summed E-state index contributed by atoms with van der Waals surface area (Å²) in [4.78, 5) is 50.6. The highest BCUT2D eigenvalue weighted by atomic mass is 32.1. The molecule has 0 radical (unpaired) electrons. The molecule has 5 rings (SSSR count). The summed E-state index contributed by atoms with van der Waals surface area (Å²) in [6.07, 6.45) is 5.28. The Balaban J connectivity index is 1.46. The van der Waals surface area contributed by atoms with Gasteiger partial charge in [-0.3, -0.25) is 14.4 Å². The molecule has 9 atom stereocenters. The van der Waals surface area contributed by atoms with Crippen LogP contribution in [0.15, 0.2) is 11.4 Å². The molecule has 214 valence electrons. The first-order chi connectivity index (χ1) is 18.8. The molecular formula is C33H45N3O3S+2. The van der Waals surface area contributed by atoms with Crippen molar-refractivity contribution >= 4 is 28.8 Å². The van der Waals surface area contributed by atoms with E-state index in [0.717, 1.165) is 12.8 Å². The van der Waals surface area contributed by atoms with Crippen LogP contribution in [-0.2, 0) is 14.4 Å². The van der Waals surface area contributed by atoms with Crippen LogP contribution >= 0.6 is 11.3 Å². The second kappa shape index (κ2) is 9.52. The van der Waals surface area contributed by atoms with Gasteiger partial charge in [-0.2, -0.15) is 0 Å². The van der Waals surface area contributed by atoms with Crippen molar-refractivity contribution < 1.29 is 14.4 Å². The molecular weight excluding hydrogens is 518 g/mol. The molecule has 0 aliphatic heterocycles. The minimum Gasteiger partial charge on any atom is -0.349 e. The molecule has 0 saturated heterocycles. The van der Waals surface area contributed by atoms with Crippen LogP contribution < -0.4 is 5.32 Å². The first-order valence-corrected chi connectivity index (χ1v) is 15.9. The zero-order valence-electron chi connectivity index (χ0n) is 25.0. The fraction of sp³-hybridized carbons (Fsp3) is 0.727. The van der Waals surface area contributed by atoms with E-state index in [-0.39, 0.29) is 52.1 Å². The summed E-state index contributed by atoms with van der Waals surface area (Å²) >= 11 is 1.67. The Morgan fingerprint density at radius 3 is 2.35 bits per heavy atom. The van der Waals surface area contributed by atoms with E-state index < -0.39 is 16.5 Å². The number of fused-ring (bicyclic) bond motifs is 5. The van der Waals surface area contributed by atoms with Crippen LogP contribution in [0.1, 0.15) is 109 Å². The highest BCUT2D eigenvalue weighted by Crippen LogP contribution is 2.77. The van der Waals surface area contributed by atoms with Crippen molar-refractivity contribution in [2.75, 3.05) is 0 Å². The summed E-state index contributed by atoms with van der Waals surface area (Å²) in [5.41, 5.74) is -2.23. The minimum absolute atomic E-state index is 0.0340. The number of hydrogen-bond acceptors (Lipinski definition) is 4. The number of ketones is 2. The van der Waals surface area contributed by atoms with Gasteiger partial charge in [-0.1, -0.05) is 30.5 Å². The Kier molecular flexibility index (Phi) is 6.90. The SMILES string of the molecule is C#[N+][C@]12CC[C@]3(C)[C@@H]([C@H](C)CC(=O)NC(C)c4sccc4C)CC[C@@]3([N+]#C)[C@]1(C)C(=O)C[C@@H]1CC(=O)CC[C@@]12C. The maximum Gasteiger partial charge on any atom is 0.306 e. The average Bonchev–Trinajstić information content (AvgIpc) is 3.47. The van der Waals surface area contributed by atoms with E-state index in [9.17, 15) is 14.4 Å². The highest BCUT2D eigenvalue weighted by Gasteiger charge is 2.92. The van der Waals surface area contributed by atoms with E-state index >= 15 is 0 Å². The molecule has 0 spiro atoms. The number of nitrogens with one attached hydrogen (secondary N) is 1. The molecule has 6 nitrogen and oxygen atoms in total. The van der Waals surface area contributed by atoms with Crippen molar-refractivity contribution in [3.05, 3.63) is 31.6 Å². The largest absolute Gasteiger partial charge is 0.349 e. The molecule has 1 aromatic rings. The third kappa shape index (κ3) is 3.46. The molecule has 4 fully saturated rings. The van der Waals surface area contributed by atoms with E-state index in [1.165, 1.54) is 10.4 Å². The molecule has 40 heavy (non-hydrogen) atoms. The molecule has 1 aromatic heterocycles. The van der Waals surface area contributed by atoms with Crippen LogP contribution in [0.3, 0.4) is 0 Å². The van der Waals surface area contributed by atoms with Crippen LogP contribution in [0.4, 0.5) is 0 Å². The number of thiophene rings is 1. The Labute approximate surface area is 243 Å². The van der Waals surface area contributed by atoms with E-state index in [4.69, 9.17) is 18.0 Å². The molecule has 7 heteroatoms. The Bertz CT molecular complexity index is 1340. The van der Waals surface area contributed by atoms with E-state index in [1.54, 1.807) is 11.3 Å². The lowest BCUT2D eigenvalue weighted by atomic mass is 9.33. The normalized spacial score (nSPS) is 42.0. The number of carbonyl (C=O) groups excluding carboxylic acids is 3. The molecule has 4 aliphatic carbocycles. The third-order valence-corrected chi connectivity index (χ3v) is 14.0. The zero-order chi connectivity index (χ0) is 29.3. The summed E-state index contributed by atoms with van der Waals surface area (Å²) in [6.45, 7) is 25.5. The molecule has 1 unspecified atom stereocenters. The standard InChI is InChI=1S/C33H44N3O3S/c1-20-11-16-40-28(20)22(3)36-27(39)17-21(2)25-10-13-32(34-7)30(25,5)14-15-33(35-8)29(4)12-9-24(37)18-23(29)19-26(38)31(32,33)6/h7-8,11,16,21-23,25H,9-10,12-15,17-19H2,1-6H3/q+1/p+1/t21-,22?,23+,25-,29+,30-,31+,32+,33+/m1/s1. The summed E-state index contributed by atoms with van der Waals surface area (Å²) < 4.78 is 0. The molecule has 4 aliphatic rings. The highest BCUT2D eigenvalue weighted by molar-refractivity contribution is 7.10. The fourth-order valence-electron chi connectivity index (χ4n) is 10.5. The van der Waals surface area contributed by atoms with Gasteiger partial charge in [-0.05, 0) is 74.8 Å². The lowest BCUT2D eigenvalue weighted by Gasteiger charge is -2.61. The zero-order valence-corrected chi connectivity index (χ0v) is 25.8. The van der Waals surface area contributed by atoms with E-state index in [2.05, 4.69) is 49.3 Å². The predicted octanol–water partition coefficient (Wildman–Crippen LogP) is 7.23. The van der Waals surface area contributed by atoms with Crippen LogP contribution in [0, 0.1) is 54.1 Å². The molecule has 4 saturated carbocycles. The number of aryl methyl sites for hydroxylation is 1. The van der Waals surface area contributed by atoms with E-state index in [0.29, 0.717) is 44.9 Å². The monoisotopic (exact) mass is 563 g/mol. The number of Topliss-reactive ketones (excluding diaryl/α,β-unsaturated/α-hetero) is 2. The summed E-state index contributed by atoms with van der Waals surface area (Å²) in [5, 5.41) is 5.27. The number of hydrogen-bond donors (Lipinski definition) is 1. The van der Waals surface area contributed by atoms with Crippen molar-refractivity contribution in [2.24, 2.45) is 34.0 Å². The van der Waals surface area contributed by atoms with Gasteiger partial charge in [0.25, 0.3) is 13.1 Å². The van der Waals surface area contributed by atoms with Crippen molar-refractivity contribution in [1.82, 2.24) is 5.32 Å². The average molecular weight is 564 g/mol. The maximum atomic E-state index is 14.4. The first-order valence-electron chi connectivity index (χ1n) is 15.0. The van der Waals surface area contributed by atoms with Gasteiger partial charge in [0.15, 0.2) is 11.2 Å². The Morgan fingerprint density at radius 1 is 1.05 bits per heavy atom. The number of amides is 1. The van der Waals surface area contributed by atoms with Gasteiger partial charge in [0.2, 0.25) is 5.91 Å². The predicted molar refractivity (Wildman–Crippen MR) is 160 cm³/mol. The molecule has 1 amide bonds. The van der Waals surface area contributed by atoms with Gasteiger partial charge < -0.3 is 5.32 Å². The van der Waals surface area contributed by atoms with Crippen LogP contribution in [0.25, 0.3) is 9.69 Å². The molecule has 0 bridgehead atoms. The molecule has 0 aromatic carbocycles. The van der Waals surface area contributed by atoms with Crippen molar-refractivity contribution in [3.63, 3.8) is 0 Å².